The zero-order valence-electron chi connectivity index (χ0n) is 7.67. The van der Waals surface area contributed by atoms with Gasteiger partial charge in [0.2, 0.25) is 6.04 Å². The van der Waals surface area contributed by atoms with E-state index in [4.69, 9.17) is 12.1 Å². The monoisotopic (exact) mass is 186 g/mol. The highest BCUT2D eigenvalue weighted by molar-refractivity contribution is 5.16. The van der Waals surface area contributed by atoms with Crippen molar-refractivity contribution in [3.05, 3.63) is 57.8 Å². The summed E-state index contributed by atoms with van der Waals surface area (Å²) in [4.78, 5) is 6.05. The van der Waals surface area contributed by atoms with Gasteiger partial charge in [-0.2, -0.15) is 0 Å². The number of azide groups is 1. The van der Waals surface area contributed by atoms with Crippen LogP contribution in [0.1, 0.15) is 5.56 Å². The van der Waals surface area contributed by atoms with Crippen molar-refractivity contribution in [3.63, 3.8) is 0 Å². The molecule has 14 heavy (non-hydrogen) atoms. The molecule has 0 spiro atoms. The molecule has 0 radical (unpaired) electrons. The first-order valence-corrected chi connectivity index (χ1v) is 4.28. The van der Waals surface area contributed by atoms with Crippen LogP contribution in [0.3, 0.4) is 0 Å². The van der Waals surface area contributed by atoms with E-state index < -0.39 is 0 Å². The highest BCUT2D eigenvalue weighted by Gasteiger charge is 2.11. The predicted molar refractivity (Wildman–Crippen MR) is 54.5 cm³/mol. The van der Waals surface area contributed by atoms with E-state index in [1.165, 1.54) is 0 Å². The average Bonchev–Trinajstić information content (AvgIpc) is 2.25. The topological polar surface area (TPSA) is 53.1 Å². The summed E-state index contributed by atoms with van der Waals surface area (Å²) in [5.74, 6) is 0. The second-order valence-corrected chi connectivity index (χ2v) is 2.89. The summed E-state index contributed by atoms with van der Waals surface area (Å²) < 4.78 is 0. The van der Waals surface area contributed by atoms with E-state index in [1.54, 1.807) is 0 Å². The summed E-state index contributed by atoms with van der Waals surface area (Å²) in [6.07, 6.45) is 0.642. The fraction of sp³-hybridized carbons (Fsp3) is 0.300. The lowest BCUT2D eigenvalue weighted by Gasteiger charge is -2.01. The van der Waals surface area contributed by atoms with Crippen molar-refractivity contribution >= 4 is 0 Å². The third-order valence-electron chi connectivity index (χ3n) is 1.85. The lowest BCUT2D eigenvalue weighted by molar-refractivity contribution is 0.765. The molecule has 4 nitrogen and oxygen atoms in total. The number of hydrogen-bond acceptors (Lipinski definition) is 1. The van der Waals surface area contributed by atoms with Crippen LogP contribution in [0.5, 0.6) is 0 Å². The Hall–Kier alpha value is -1.98. The molecule has 1 rings (SSSR count). The fourth-order valence-corrected chi connectivity index (χ4v) is 1.17. The number of nitrogens with zero attached hydrogens (tertiary/aromatic N) is 4. The molecule has 0 aliphatic carbocycles. The highest BCUT2D eigenvalue weighted by atomic mass is 15.1. The van der Waals surface area contributed by atoms with E-state index in [2.05, 4.69) is 14.9 Å². The van der Waals surface area contributed by atoms with Crippen LogP contribution < -0.4 is 0 Å². The van der Waals surface area contributed by atoms with Gasteiger partial charge >= 0.3 is 0 Å². The first-order chi connectivity index (χ1) is 6.86. The van der Waals surface area contributed by atoms with Crippen molar-refractivity contribution in [3.8, 4) is 0 Å². The van der Waals surface area contributed by atoms with Crippen molar-refractivity contribution in [1.82, 2.24) is 0 Å². The Morgan fingerprint density at radius 3 is 2.64 bits per heavy atom. The van der Waals surface area contributed by atoms with Gasteiger partial charge in [0.15, 0.2) is 0 Å². The maximum Gasteiger partial charge on any atom is 0.233 e. The van der Waals surface area contributed by atoms with Gasteiger partial charge in [0.05, 0.1) is 0 Å². The average molecular weight is 186 g/mol. The third kappa shape index (κ3) is 3.18. The largest absolute Gasteiger partial charge is 0.313 e. The van der Waals surface area contributed by atoms with Crippen LogP contribution in [0.15, 0.2) is 35.4 Å². The smallest absolute Gasteiger partial charge is 0.233 e. The molecule has 0 amide bonds. The standard InChI is InChI=1S/C10H10N4/c1-12-10(8-13-14-11)7-9-5-3-2-4-6-9/h2-6,10H,7-8H2/t10-/m0/s1. The summed E-state index contributed by atoms with van der Waals surface area (Å²) >= 11 is 0. The molecular weight excluding hydrogens is 176 g/mol. The van der Waals surface area contributed by atoms with Gasteiger partial charge in [-0.15, -0.1) is 0 Å². The summed E-state index contributed by atoms with van der Waals surface area (Å²) in [6, 6.07) is 9.49. The van der Waals surface area contributed by atoms with Crippen LogP contribution in [0.2, 0.25) is 0 Å². The Labute approximate surface area is 82.6 Å². The summed E-state index contributed by atoms with van der Waals surface area (Å²) in [6.45, 7) is 7.17. The molecule has 0 unspecified atom stereocenters. The van der Waals surface area contributed by atoms with Crippen molar-refractivity contribution in [1.29, 1.82) is 0 Å². The molecule has 0 saturated heterocycles. The Balaban J connectivity index is 2.58. The molecule has 0 bridgehead atoms. The lowest BCUT2D eigenvalue weighted by Crippen LogP contribution is -2.09. The molecule has 1 aromatic carbocycles. The minimum absolute atomic E-state index is 0.242. The molecule has 0 aliphatic heterocycles. The van der Waals surface area contributed by atoms with Crippen LogP contribution in [0, 0.1) is 6.57 Å². The minimum Gasteiger partial charge on any atom is -0.313 e. The molecule has 0 N–H and O–H groups in total. The zero-order chi connectivity index (χ0) is 10.2. The normalized spacial score (nSPS) is 11.1. The van der Waals surface area contributed by atoms with Crippen LogP contribution in [0.4, 0.5) is 0 Å². The van der Waals surface area contributed by atoms with E-state index in [9.17, 15) is 0 Å². The van der Waals surface area contributed by atoms with E-state index in [-0.39, 0.29) is 12.6 Å². The first-order valence-electron chi connectivity index (χ1n) is 4.28. The van der Waals surface area contributed by atoms with Crippen LogP contribution >= 0.6 is 0 Å². The van der Waals surface area contributed by atoms with Gasteiger partial charge in [0, 0.05) is 11.3 Å². The first kappa shape index (κ1) is 10.1. The Morgan fingerprint density at radius 1 is 1.36 bits per heavy atom. The third-order valence-corrected chi connectivity index (χ3v) is 1.85. The van der Waals surface area contributed by atoms with E-state index in [1.807, 2.05) is 30.3 Å². The maximum absolute atomic E-state index is 8.13. The van der Waals surface area contributed by atoms with Gasteiger partial charge in [-0.3, -0.25) is 0 Å². The minimum atomic E-state index is -0.242. The molecule has 70 valence electrons. The van der Waals surface area contributed by atoms with Crippen LogP contribution in [-0.4, -0.2) is 12.6 Å². The van der Waals surface area contributed by atoms with Gasteiger partial charge < -0.3 is 4.85 Å². The van der Waals surface area contributed by atoms with Crippen LogP contribution in [-0.2, 0) is 6.42 Å². The van der Waals surface area contributed by atoms with Gasteiger partial charge in [-0.25, -0.2) is 6.57 Å². The number of rotatable bonds is 4. The molecule has 0 aromatic heterocycles. The molecule has 4 heteroatoms. The summed E-state index contributed by atoms with van der Waals surface area (Å²) in [5.41, 5.74) is 9.23. The molecule has 1 aromatic rings. The Morgan fingerprint density at radius 2 is 2.07 bits per heavy atom. The molecule has 0 fully saturated rings. The lowest BCUT2D eigenvalue weighted by atomic mass is 10.1. The fourth-order valence-electron chi connectivity index (χ4n) is 1.17. The predicted octanol–water partition coefficient (Wildman–Crippen LogP) is 2.83. The quantitative estimate of drug-likeness (QED) is 0.300. The Bertz CT molecular complexity index is 359. The Kier molecular flexibility index (Phi) is 4.06. The molecular formula is C10H10N4. The van der Waals surface area contributed by atoms with Gasteiger partial charge in [0.1, 0.15) is 6.54 Å². The van der Waals surface area contributed by atoms with Crippen molar-refractivity contribution in [2.75, 3.05) is 6.54 Å². The van der Waals surface area contributed by atoms with Crippen LogP contribution in [0.25, 0.3) is 15.3 Å². The van der Waals surface area contributed by atoms with E-state index >= 15 is 0 Å². The zero-order valence-corrected chi connectivity index (χ0v) is 7.67. The molecule has 0 saturated carbocycles. The van der Waals surface area contributed by atoms with Gasteiger partial charge in [-0.05, 0) is 11.1 Å². The summed E-state index contributed by atoms with van der Waals surface area (Å²) in [5, 5.41) is 3.41. The second kappa shape index (κ2) is 5.63. The molecule has 1 atom stereocenters. The number of benzene rings is 1. The summed E-state index contributed by atoms with van der Waals surface area (Å²) in [7, 11) is 0. The molecule has 0 aliphatic rings. The SMILES string of the molecule is [C-]#[N+][C@H](CN=[N+]=[N-])Cc1ccccc1. The second-order valence-electron chi connectivity index (χ2n) is 2.89. The van der Waals surface area contributed by atoms with Crippen molar-refractivity contribution < 1.29 is 0 Å². The highest BCUT2D eigenvalue weighted by Crippen LogP contribution is 2.06. The molecule has 0 heterocycles. The van der Waals surface area contributed by atoms with E-state index in [0.717, 1.165) is 5.56 Å². The van der Waals surface area contributed by atoms with Gasteiger partial charge in [0.25, 0.3) is 0 Å². The van der Waals surface area contributed by atoms with Crippen molar-refractivity contribution in [2.45, 2.75) is 12.5 Å². The maximum atomic E-state index is 8.13. The van der Waals surface area contributed by atoms with Crippen molar-refractivity contribution in [2.24, 2.45) is 5.11 Å². The van der Waals surface area contributed by atoms with E-state index in [0.29, 0.717) is 6.42 Å². The number of hydrogen-bond donors (Lipinski definition) is 0. The van der Waals surface area contributed by atoms with Gasteiger partial charge in [-0.1, -0.05) is 35.4 Å².